The zero-order valence-electron chi connectivity index (χ0n) is 12.4. The fourth-order valence-electron chi connectivity index (χ4n) is 2.02. The maximum absolute atomic E-state index is 12.1. The van der Waals surface area contributed by atoms with E-state index in [4.69, 9.17) is 0 Å². The number of hydrazone groups is 1. The molecule has 24 heavy (non-hydrogen) atoms. The molecular weight excluding hydrogens is 372 g/mol. The maximum atomic E-state index is 12.1. The minimum Gasteiger partial charge on any atom is -0.507 e. The first-order chi connectivity index (χ1) is 11.6. The summed E-state index contributed by atoms with van der Waals surface area (Å²) in [6, 6.07) is 16.0. The molecule has 6 nitrogen and oxygen atoms in total. The monoisotopic (exact) mass is 384 g/mol. The van der Waals surface area contributed by atoms with Gasteiger partial charge in [0.05, 0.1) is 11.9 Å². The molecule has 0 bridgehead atoms. The molecule has 3 aromatic rings. The zero-order chi connectivity index (χ0) is 16.9. The first kappa shape index (κ1) is 15.9. The number of nitrogens with one attached hydrogen (secondary N) is 2. The zero-order valence-corrected chi connectivity index (χ0v) is 14.0. The molecule has 120 valence electrons. The molecule has 3 N–H and O–H groups in total. The van der Waals surface area contributed by atoms with Gasteiger partial charge in [0.1, 0.15) is 11.4 Å². The fourth-order valence-corrected chi connectivity index (χ4v) is 2.29. The Bertz CT molecular complexity index is 888. The van der Waals surface area contributed by atoms with Crippen molar-refractivity contribution in [1.82, 2.24) is 15.6 Å². The van der Waals surface area contributed by atoms with Crippen molar-refractivity contribution in [3.8, 4) is 17.0 Å². The largest absolute Gasteiger partial charge is 0.507 e. The summed E-state index contributed by atoms with van der Waals surface area (Å²) in [7, 11) is 0. The molecule has 0 radical (unpaired) electrons. The lowest BCUT2D eigenvalue weighted by Crippen LogP contribution is -2.18. The summed E-state index contributed by atoms with van der Waals surface area (Å²) in [6.45, 7) is 0. The molecule has 0 atom stereocenters. The van der Waals surface area contributed by atoms with Crippen molar-refractivity contribution in [3.05, 3.63) is 70.3 Å². The highest BCUT2D eigenvalue weighted by Crippen LogP contribution is 2.20. The quantitative estimate of drug-likeness (QED) is 0.476. The molecule has 1 heterocycles. The molecule has 0 aliphatic heterocycles. The summed E-state index contributed by atoms with van der Waals surface area (Å²) in [6.07, 6.45) is 1.37. The van der Waals surface area contributed by atoms with Crippen LogP contribution in [0.4, 0.5) is 0 Å². The first-order valence-electron chi connectivity index (χ1n) is 7.06. The van der Waals surface area contributed by atoms with E-state index in [9.17, 15) is 9.90 Å². The van der Waals surface area contributed by atoms with Gasteiger partial charge >= 0.3 is 0 Å². The number of aromatic hydroxyl groups is 1. The highest BCUT2D eigenvalue weighted by molar-refractivity contribution is 9.10. The van der Waals surface area contributed by atoms with E-state index >= 15 is 0 Å². The van der Waals surface area contributed by atoms with E-state index in [1.54, 1.807) is 30.3 Å². The summed E-state index contributed by atoms with van der Waals surface area (Å²) in [5.74, 6) is -0.327. The number of amides is 1. The van der Waals surface area contributed by atoms with E-state index in [0.717, 1.165) is 10.0 Å². The van der Waals surface area contributed by atoms with Crippen molar-refractivity contribution in [2.24, 2.45) is 5.10 Å². The Hall–Kier alpha value is -2.93. The SMILES string of the molecule is O=C(NN=Cc1ccccc1O)c1cc(-c2ccc(Br)cc2)n[nH]1. The molecule has 0 unspecified atom stereocenters. The number of rotatable bonds is 4. The summed E-state index contributed by atoms with van der Waals surface area (Å²) < 4.78 is 0.971. The number of benzene rings is 2. The standard InChI is InChI=1S/C17H13BrN4O2/c18-13-7-5-11(6-8-13)14-9-15(21-20-14)17(24)22-19-10-12-3-1-2-4-16(12)23/h1-10,23H,(H,20,21)(H,22,24). The van der Waals surface area contributed by atoms with Crippen molar-refractivity contribution in [2.45, 2.75) is 0 Å². The Balaban J connectivity index is 1.68. The molecule has 1 aromatic heterocycles. The minimum absolute atomic E-state index is 0.0922. The number of carbonyl (C=O) groups excluding carboxylic acids is 1. The molecule has 1 amide bonds. The lowest BCUT2D eigenvalue weighted by atomic mass is 10.1. The smallest absolute Gasteiger partial charge is 0.289 e. The van der Waals surface area contributed by atoms with Gasteiger partial charge in [0.15, 0.2) is 0 Å². The van der Waals surface area contributed by atoms with Crippen LogP contribution in [0, 0.1) is 0 Å². The van der Waals surface area contributed by atoms with Crippen LogP contribution in [0.3, 0.4) is 0 Å². The van der Waals surface area contributed by atoms with Gasteiger partial charge in [-0.25, -0.2) is 5.43 Å². The Labute approximate surface area is 146 Å². The van der Waals surface area contributed by atoms with E-state index in [2.05, 4.69) is 36.7 Å². The van der Waals surface area contributed by atoms with Crippen LogP contribution < -0.4 is 5.43 Å². The van der Waals surface area contributed by atoms with Crippen LogP contribution in [0.2, 0.25) is 0 Å². The second-order valence-electron chi connectivity index (χ2n) is 4.93. The lowest BCUT2D eigenvalue weighted by molar-refractivity contribution is 0.0950. The number of hydrogen-bond acceptors (Lipinski definition) is 4. The van der Waals surface area contributed by atoms with Gasteiger partial charge in [-0.15, -0.1) is 0 Å². The number of para-hydroxylation sites is 1. The number of halogens is 1. The fraction of sp³-hybridized carbons (Fsp3) is 0. The second-order valence-corrected chi connectivity index (χ2v) is 5.85. The van der Waals surface area contributed by atoms with Gasteiger partial charge in [0, 0.05) is 15.6 Å². The number of phenols is 1. The third-order valence-electron chi connectivity index (χ3n) is 3.27. The number of aromatic amines is 1. The van der Waals surface area contributed by atoms with E-state index < -0.39 is 5.91 Å². The maximum Gasteiger partial charge on any atom is 0.289 e. The van der Waals surface area contributed by atoms with Gasteiger partial charge in [0.25, 0.3) is 5.91 Å². The number of hydrogen-bond donors (Lipinski definition) is 3. The van der Waals surface area contributed by atoms with E-state index in [0.29, 0.717) is 17.0 Å². The Morgan fingerprint density at radius 2 is 1.96 bits per heavy atom. The normalized spacial score (nSPS) is 10.9. The van der Waals surface area contributed by atoms with E-state index in [1.165, 1.54) is 6.21 Å². The van der Waals surface area contributed by atoms with E-state index in [-0.39, 0.29) is 5.75 Å². The van der Waals surface area contributed by atoms with Gasteiger partial charge in [-0.05, 0) is 30.3 Å². The predicted molar refractivity (Wildman–Crippen MR) is 94.9 cm³/mol. The second kappa shape index (κ2) is 7.10. The molecular formula is C17H13BrN4O2. The van der Waals surface area contributed by atoms with Crippen LogP contribution in [0.1, 0.15) is 16.1 Å². The summed E-state index contributed by atoms with van der Waals surface area (Å²) in [5, 5.41) is 20.3. The molecule has 0 saturated heterocycles. The van der Waals surface area contributed by atoms with Crippen LogP contribution in [0.5, 0.6) is 5.75 Å². The molecule has 2 aromatic carbocycles. The minimum atomic E-state index is -0.419. The number of nitrogens with zero attached hydrogens (tertiary/aromatic N) is 2. The lowest BCUT2D eigenvalue weighted by Gasteiger charge is -1.98. The topological polar surface area (TPSA) is 90.4 Å². The van der Waals surface area contributed by atoms with Gasteiger partial charge in [0.2, 0.25) is 0 Å². The summed E-state index contributed by atoms with van der Waals surface area (Å²) in [4.78, 5) is 12.1. The number of phenolic OH excluding ortho intramolecular Hbond substituents is 1. The molecule has 3 rings (SSSR count). The molecule has 0 aliphatic rings. The average Bonchev–Trinajstić information content (AvgIpc) is 3.07. The van der Waals surface area contributed by atoms with Crippen LogP contribution in [-0.4, -0.2) is 27.4 Å². The van der Waals surface area contributed by atoms with Gasteiger partial charge in [-0.3, -0.25) is 9.89 Å². The van der Waals surface area contributed by atoms with Crippen LogP contribution >= 0.6 is 15.9 Å². The van der Waals surface area contributed by atoms with Gasteiger partial charge in [-0.2, -0.15) is 10.2 Å². The van der Waals surface area contributed by atoms with Crippen LogP contribution in [0.15, 0.2) is 64.2 Å². The summed E-state index contributed by atoms with van der Waals surface area (Å²) in [5.41, 5.74) is 4.75. The summed E-state index contributed by atoms with van der Waals surface area (Å²) >= 11 is 3.37. The van der Waals surface area contributed by atoms with Crippen molar-refractivity contribution in [3.63, 3.8) is 0 Å². The van der Waals surface area contributed by atoms with Crippen molar-refractivity contribution >= 4 is 28.1 Å². The molecule has 0 spiro atoms. The van der Waals surface area contributed by atoms with Gasteiger partial charge in [-0.1, -0.05) is 40.2 Å². The predicted octanol–water partition coefficient (Wildman–Crippen LogP) is 3.31. The molecule has 0 aliphatic carbocycles. The van der Waals surface area contributed by atoms with Gasteiger partial charge < -0.3 is 5.11 Å². The third kappa shape index (κ3) is 3.69. The molecule has 7 heteroatoms. The molecule has 0 fully saturated rings. The Morgan fingerprint density at radius 3 is 2.71 bits per heavy atom. The first-order valence-corrected chi connectivity index (χ1v) is 7.85. The van der Waals surface area contributed by atoms with Crippen LogP contribution in [0.25, 0.3) is 11.3 Å². The van der Waals surface area contributed by atoms with E-state index in [1.807, 2.05) is 24.3 Å². The average molecular weight is 385 g/mol. The highest BCUT2D eigenvalue weighted by atomic mass is 79.9. The van der Waals surface area contributed by atoms with Crippen LogP contribution in [-0.2, 0) is 0 Å². The number of carbonyl (C=O) groups is 1. The Morgan fingerprint density at radius 1 is 1.21 bits per heavy atom. The molecule has 0 saturated carbocycles. The highest BCUT2D eigenvalue weighted by Gasteiger charge is 2.10. The van der Waals surface area contributed by atoms with Crippen molar-refractivity contribution < 1.29 is 9.90 Å². The Kier molecular flexibility index (Phi) is 4.72. The van der Waals surface area contributed by atoms with Crippen molar-refractivity contribution in [1.29, 1.82) is 0 Å². The number of H-pyrrole nitrogens is 1. The third-order valence-corrected chi connectivity index (χ3v) is 3.80. The number of aromatic nitrogens is 2. The van der Waals surface area contributed by atoms with Crippen molar-refractivity contribution in [2.75, 3.05) is 0 Å².